The molecule has 0 radical (unpaired) electrons. The van der Waals surface area contributed by atoms with Crippen molar-refractivity contribution in [3.63, 3.8) is 0 Å². The molecule has 1 heterocycles. The highest BCUT2D eigenvalue weighted by Gasteiger charge is 2.01. The molecule has 2 N–H and O–H groups in total. The van der Waals surface area contributed by atoms with Crippen molar-refractivity contribution in [2.24, 2.45) is 0 Å². The third-order valence-electron chi connectivity index (χ3n) is 1.25. The zero-order valence-corrected chi connectivity index (χ0v) is 8.64. The predicted molar refractivity (Wildman–Crippen MR) is 54.8 cm³/mol. The monoisotopic (exact) mass is 234 g/mol. The molecule has 2 amide bonds. The number of carbonyl (C=O) groups is 1. The Morgan fingerprint density at radius 1 is 1.43 bits per heavy atom. The van der Waals surface area contributed by atoms with Crippen LogP contribution in [0, 0.1) is 0 Å². The van der Waals surface area contributed by atoms with E-state index < -0.39 is 0 Å². The first-order valence-electron chi connectivity index (χ1n) is 3.82. The van der Waals surface area contributed by atoms with Crippen molar-refractivity contribution in [2.75, 3.05) is 17.7 Å². The zero-order valence-electron chi connectivity index (χ0n) is 7.13. The van der Waals surface area contributed by atoms with E-state index in [4.69, 9.17) is 23.2 Å². The van der Waals surface area contributed by atoms with Crippen LogP contribution in [-0.4, -0.2) is 28.7 Å². The molecule has 0 spiro atoms. The van der Waals surface area contributed by atoms with Crippen molar-refractivity contribution in [2.45, 2.75) is 0 Å². The van der Waals surface area contributed by atoms with Crippen LogP contribution in [-0.2, 0) is 0 Å². The fourth-order valence-corrected chi connectivity index (χ4v) is 0.899. The average molecular weight is 235 g/mol. The summed E-state index contributed by atoms with van der Waals surface area (Å²) in [6.45, 7) is 0.397. The third-order valence-corrected chi connectivity index (χ3v) is 1.64. The molecule has 1 rings (SSSR count). The number of rotatable bonds is 3. The second kappa shape index (κ2) is 5.62. The summed E-state index contributed by atoms with van der Waals surface area (Å²) in [4.78, 5) is 11.1. The van der Waals surface area contributed by atoms with E-state index in [0.29, 0.717) is 18.2 Å². The smallest absolute Gasteiger partial charge is 0.320 e. The van der Waals surface area contributed by atoms with Crippen molar-refractivity contribution >= 4 is 35.1 Å². The molecule has 0 atom stereocenters. The Bertz CT molecular complexity index is 303. The lowest BCUT2D eigenvalue weighted by Crippen LogP contribution is -2.30. The molecular weight excluding hydrogens is 227 g/mol. The van der Waals surface area contributed by atoms with E-state index in [1.165, 1.54) is 6.07 Å². The summed E-state index contributed by atoms with van der Waals surface area (Å²) in [6, 6.07) is 2.71. The van der Waals surface area contributed by atoms with Gasteiger partial charge in [-0.25, -0.2) is 4.79 Å². The first-order valence-corrected chi connectivity index (χ1v) is 4.73. The summed E-state index contributed by atoms with van der Waals surface area (Å²) >= 11 is 10.9. The van der Waals surface area contributed by atoms with Gasteiger partial charge in [0.05, 0.1) is 0 Å². The molecule has 7 heteroatoms. The molecule has 0 aliphatic heterocycles. The minimum atomic E-state index is -0.373. The van der Waals surface area contributed by atoms with E-state index >= 15 is 0 Å². The fraction of sp³-hybridized carbons (Fsp3) is 0.286. The van der Waals surface area contributed by atoms with E-state index in [-0.39, 0.29) is 11.2 Å². The molecule has 0 saturated carbocycles. The van der Waals surface area contributed by atoms with Crippen LogP contribution in [0.2, 0.25) is 5.15 Å². The topological polar surface area (TPSA) is 66.9 Å². The van der Waals surface area contributed by atoms with Crippen LogP contribution in [0.3, 0.4) is 0 Å². The molecule has 76 valence electrons. The van der Waals surface area contributed by atoms with Gasteiger partial charge >= 0.3 is 6.03 Å². The molecule has 0 bridgehead atoms. The summed E-state index contributed by atoms with van der Waals surface area (Å²) in [6.07, 6.45) is 0. The van der Waals surface area contributed by atoms with Gasteiger partial charge in [0.15, 0.2) is 11.0 Å². The van der Waals surface area contributed by atoms with Crippen LogP contribution in [0.1, 0.15) is 0 Å². The Hall–Kier alpha value is -1.07. The van der Waals surface area contributed by atoms with Gasteiger partial charge in [-0.2, -0.15) is 0 Å². The molecule has 0 saturated heterocycles. The highest BCUT2D eigenvalue weighted by molar-refractivity contribution is 6.29. The maximum Gasteiger partial charge on any atom is 0.320 e. The predicted octanol–water partition coefficient (Wildman–Crippen LogP) is 1.49. The number of hydrogen-bond donors (Lipinski definition) is 2. The SMILES string of the molecule is O=C(NCCCl)Nc1ccc(Cl)nn1. The van der Waals surface area contributed by atoms with Gasteiger partial charge in [0, 0.05) is 12.4 Å². The van der Waals surface area contributed by atoms with Gasteiger partial charge in [0.25, 0.3) is 0 Å². The van der Waals surface area contributed by atoms with Crippen molar-refractivity contribution < 1.29 is 4.79 Å². The Kier molecular flexibility index (Phi) is 4.42. The van der Waals surface area contributed by atoms with Gasteiger partial charge in [-0.05, 0) is 12.1 Å². The van der Waals surface area contributed by atoms with E-state index in [1.54, 1.807) is 6.07 Å². The van der Waals surface area contributed by atoms with Crippen molar-refractivity contribution in [3.05, 3.63) is 17.3 Å². The highest BCUT2D eigenvalue weighted by Crippen LogP contribution is 2.05. The fourth-order valence-electron chi connectivity index (χ4n) is 0.704. The Balaban J connectivity index is 2.44. The second-order valence-corrected chi connectivity index (χ2v) is 3.08. The Morgan fingerprint density at radius 2 is 2.21 bits per heavy atom. The quantitative estimate of drug-likeness (QED) is 0.780. The number of aromatic nitrogens is 2. The molecule has 0 aliphatic rings. The number of amides is 2. The number of hydrogen-bond acceptors (Lipinski definition) is 3. The van der Waals surface area contributed by atoms with Gasteiger partial charge < -0.3 is 5.32 Å². The summed E-state index contributed by atoms with van der Waals surface area (Å²) < 4.78 is 0. The highest BCUT2D eigenvalue weighted by atomic mass is 35.5. The van der Waals surface area contributed by atoms with Crippen LogP contribution in [0.5, 0.6) is 0 Å². The number of anilines is 1. The number of nitrogens with zero attached hydrogens (tertiary/aromatic N) is 2. The molecule has 0 fully saturated rings. The van der Waals surface area contributed by atoms with Crippen molar-refractivity contribution in [3.8, 4) is 0 Å². The largest absolute Gasteiger partial charge is 0.337 e. The Labute approximate surface area is 90.8 Å². The number of nitrogens with one attached hydrogen (secondary N) is 2. The molecule has 0 aliphatic carbocycles. The van der Waals surface area contributed by atoms with Gasteiger partial charge in [0.2, 0.25) is 0 Å². The molecule has 5 nitrogen and oxygen atoms in total. The maximum atomic E-state index is 11.1. The number of carbonyl (C=O) groups excluding carboxylic acids is 1. The normalized spacial score (nSPS) is 9.57. The van der Waals surface area contributed by atoms with E-state index in [2.05, 4.69) is 20.8 Å². The average Bonchev–Trinajstić information content (AvgIpc) is 2.18. The summed E-state index contributed by atoms with van der Waals surface area (Å²) in [7, 11) is 0. The zero-order chi connectivity index (χ0) is 10.4. The van der Waals surface area contributed by atoms with Gasteiger partial charge in [0.1, 0.15) is 0 Å². The third kappa shape index (κ3) is 3.76. The van der Waals surface area contributed by atoms with E-state index in [9.17, 15) is 4.79 Å². The molecular formula is C7H8Cl2N4O. The maximum absolute atomic E-state index is 11.1. The first-order chi connectivity index (χ1) is 6.72. The standard InChI is InChI=1S/C7H8Cl2N4O/c8-3-4-10-7(14)11-6-2-1-5(9)12-13-6/h1-2H,3-4H2,(H2,10,11,13,14). The number of urea groups is 1. The van der Waals surface area contributed by atoms with Gasteiger partial charge in [-0.15, -0.1) is 21.8 Å². The van der Waals surface area contributed by atoms with Crippen molar-refractivity contribution in [1.82, 2.24) is 15.5 Å². The molecule has 0 aromatic carbocycles. The second-order valence-electron chi connectivity index (χ2n) is 2.31. The van der Waals surface area contributed by atoms with Gasteiger partial charge in [-0.3, -0.25) is 5.32 Å². The molecule has 0 unspecified atom stereocenters. The van der Waals surface area contributed by atoms with Crippen molar-refractivity contribution in [1.29, 1.82) is 0 Å². The summed E-state index contributed by atoms with van der Waals surface area (Å²) in [5.74, 6) is 0.696. The molecule has 1 aromatic rings. The summed E-state index contributed by atoms with van der Waals surface area (Å²) in [5, 5.41) is 12.4. The van der Waals surface area contributed by atoms with Crippen LogP contribution < -0.4 is 10.6 Å². The number of alkyl halides is 1. The lowest BCUT2D eigenvalue weighted by atomic mass is 10.5. The molecule has 14 heavy (non-hydrogen) atoms. The first kappa shape index (κ1) is 11.0. The minimum Gasteiger partial charge on any atom is -0.337 e. The van der Waals surface area contributed by atoms with E-state index in [0.717, 1.165) is 0 Å². The van der Waals surface area contributed by atoms with Gasteiger partial charge in [-0.1, -0.05) is 11.6 Å². The van der Waals surface area contributed by atoms with Crippen LogP contribution in [0.25, 0.3) is 0 Å². The van der Waals surface area contributed by atoms with E-state index in [1.807, 2.05) is 0 Å². The van der Waals surface area contributed by atoms with Crippen LogP contribution >= 0.6 is 23.2 Å². The Morgan fingerprint density at radius 3 is 2.79 bits per heavy atom. The minimum absolute atomic E-state index is 0.275. The lowest BCUT2D eigenvalue weighted by Gasteiger charge is -2.03. The molecule has 1 aromatic heterocycles. The van der Waals surface area contributed by atoms with Crippen LogP contribution in [0.4, 0.5) is 10.6 Å². The van der Waals surface area contributed by atoms with Crippen LogP contribution in [0.15, 0.2) is 12.1 Å². The summed E-state index contributed by atoms with van der Waals surface area (Å²) in [5.41, 5.74) is 0. The number of halogens is 2. The lowest BCUT2D eigenvalue weighted by molar-refractivity contribution is 0.252.